The summed E-state index contributed by atoms with van der Waals surface area (Å²) in [6, 6.07) is 8.06. The van der Waals surface area contributed by atoms with Crippen molar-refractivity contribution in [3.8, 4) is 0 Å². The normalized spacial score (nSPS) is 15.6. The number of para-hydroxylation sites is 1. The van der Waals surface area contributed by atoms with E-state index in [2.05, 4.69) is 30.3 Å². The molecule has 1 N–H and O–H groups in total. The van der Waals surface area contributed by atoms with Crippen LogP contribution in [0, 0.1) is 13.8 Å². The summed E-state index contributed by atoms with van der Waals surface area (Å²) < 4.78 is 1.76. The zero-order chi connectivity index (χ0) is 19.8. The van der Waals surface area contributed by atoms with E-state index in [0.717, 1.165) is 22.8 Å². The summed E-state index contributed by atoms with van der Waals surface area (Å²) in [6.07, 6.45) is 1.47. The van der Waals surface area contributed by atoms with Gasteiger partial charge in [0.25, 0.3) is 0 Å². The monoisotopic (exact) mass is 368 g/mol. The van der Waals surface area contributed by atoms with Gasteiger partial charge < -0.3 is 10.2 Å². The van der Waals surface area contributed by atoms with Crippen molar-refractivity contribution in [2.45, 2.75) is 52.4 Å². The molecule has 0 saturated heterocycles. The van der Waals surface area contributed by atoms with E-state index in [0.29, 0.717) is 25.8 Å². The van der Waals surface area contributed by atoms with Crippen molar-refractivity contribution in [1.82, 2.24) is 9.78 Å². The second-order valence-corrected chi connectivity index (χ2v) is 7.94. The molecule has 0 fully saturated rings. The minimum absolute atomic E-state index is 0.0488. The van der Waals surface area contributed by atoms with E-state index < -0.39 is 0 Å². The van der Waals surface area contributed by atoms with Crippen molar-refractivity contribution in [3.05, 3.63) is 41.2 Å². The molecule has 0 radical (unpaired) electrons. The average Bonchev–Trinajstić information content (AvgIpc) is 2.83. The molecule has 2 heterocycles. The zero-order valence-corrected chi connectivity index (χ0v) is 16.8. The number of benzene rings is 1. The summed E-state index contributed by atoms with van der Waals surface area (Å²) in [4.78, 5) is 26.8. The van der Waals surface area contributed by atoms with E-state index in [1.165, 1.54) is 5.56 Å². The first kappa shape index (κ1) is 19.1. The van der Waals surface area contributed by atoms with Crippen molar-refractivity contribution >= 4 is 23.2 Å². The third-order valence-electron chi connectivity index (χ3n) is 5.38. The summed E-state index contributed by atoms with van der Waals surface area (Å²) in [7, 11) is 1.86. The Labute approximate surface area is 160 Å². The standard InChI is InChI=1S/C21H28N4O2/c1-14-20(15(2)24(5)23-14)22-18(26)11-8-12-25-17-10-7-6-9-16(17)21(3,4)13-19(25)27/h6-7,9-10H,8,11-13H2,1-5H3,(H,22,26). The molecule has 1 aliphatic heterocycles. The highest BCUT2D eigenvalue weighted by molar-refractivity contribution is 5.98. The number of hydrogen-bond acceptors (Lipinski definition) is 3. The Bertz CT molecular complexity index is 882. The number of carbonyl (C=O) groups excluding carboxylic acids is 2. The number of carbonyl (C=O) groups is 2. The van der Waals surface area contributed by atoms with Gasteiger partial charge in [0.05, 0.1) is 17.1 Å². The minimum Gasteiger partial charge on any atom is -0.323 e. The number of hydrogen-bond donors (Lipinski definition) is 1. The molecule has 144 valence electrons. The van der Waals surface area contributed by atoms with Gasteiger partial charge in [-0.25, -0.2) is 0 Å². The molecule has 27 heavy (non-hydrogen) atoms. The molecule has 0 spiro atoms. The van der Waals surface area contributed by atoms with Crippen LogP contribution in [-0.4, -0.2) is 28.1 Å². The molecule has 0 bridgehead atoms. The lowest BCUT2D eigenvalue weighted by atomic mass is 9.77. The van der Waals surface area contributed by atoms with Gasteiger partial charge in [0.2, 0.25) is 11.8 Å². The van der Waals surface area contributed by atoms with Crippen LogP contribution in [0.15, 0.2) is 24.3 Å². The van der Waals surface area contributed by atoms with Crippen LogP contribution in [0.4, 0.5) is 11.4 Å². The van der Waals surface area contributed by atoms with Crippen molar-refractivity contribution in [2.75, 3.05) is 16.8 Å². The zero-order valence-electron chi connectivity index (χ0n) is 16.8. The summed E-state index contributed by atoms with van der Waals surface area (Å²) in [5.41, 5.74) is 4.53. The van der Waals surface area contributed by atoms with Gasteiger partial charge in [0.15, 0.2) is 0 Å². The predicted octanol–water partition coefficient (Wildman–Crippen LogP) is 3.47. The van der Waals surface area contributed by atoms with Crippen molar-refractivity contribution in [2.24, 2.45) is 7.05 Å². The van der Waals surface area contributed by atoms with Gasteiger partial charge in [0.1, 0.15) is 0 Å². The number of rotatable bonds is 5. The number of fused-ring (bicyclic) bond motifs is 1. The molecule has 1 aliphatic rings. The second-order valence-electron chi connectivity index (χ2n) is 7.94. The highest BCUT2D eigenvalue weighted by Crippen LogP contribution is 2.40. The van der Waals surface area contributed by atoms with Crippen molar-refractivity contribution < 1.29 is 9.59 Å². The highest BCUT2D eigenvalue weighted by atomic mass is 16.2. The maximum atomic E-state index is 12.6. The number of nitrogens with zero attached hydrogens (tertiary/aromatic N) is 3. The Morgan fingerprint density at radius 1 is 1.26 bits per heavy atom. The van der Waals surface area contributed by atoms with E-state index in [4.69, 9.17) is 0 Å². The first-order valence-corrected chi connectivity index (χ1v) is 9.40. The molecule has 6 heteroatoms. The molecule has 0 unspecified atom stereocenters. The number of aromatic nitrogens is 2. The molecule has 1 aromatic carbocycles. The lowest BCUT2D eigenvalue weighted by Gasteiger charge is -2.38. The van der Waals surface area contributed by atoms with E-state index in [1.807, 2.05) is 44.0 Å². The minimum atomic E-state index is -0.156. The smallest absolute Gasteiger partial charge is 0.227 e. The van der Waals surface area contributed by atoms with Gasteiger partial charge >= 0.3 is 0 Å². The first-order valence-electron chi connectivity index (χ1n) is 9.40. The van der Waals surface area contributed by atoms with Crippen LogP contribution < -0.4 is 10.2 Å². The van der Waals surface area contributed by atoms with Gasteiger partial charge in [-0.1, -0.05) is 32.0 Å². The molecule has 1 aromatic heterocycles. The number of amides is 2. The molecule has 6 nitrogen and oxygen atoms in total. The van der Waals surface area contributed by atoms with Gasteiger partial charge in [0, 0.05) is 37.5 Å². The lowest BCUT2D eigenvalue weighted by molar-refractivity contribution is -0.120. The maximum absolute atomic E-state index is 12.6. The van der Waals surface area contributed by atoms with Crippen LogP contribution in [0.2, 0.25) is 0 Å². The van der Waals surface area contributed by atoms with E-state index in [1.54, 1.807) is 4.68 Å². The Kier molecular flexibility index (Phi) is 5.09. The fourth-order valence-corrected chi connectivity index (χ4v) is 3.78. The topological polar surface area (TPSA) is 67.2 Å². The van der Waals surface area contributed by atoms with Crippen LogP contribution in [0.5, 0.6) is 0 Å². The van der Waals surface area contributed by atoms with Gasteiger partial charge in [-0.15, -0.1) is 0 Å². The molecule has 3 rings (SSSR count). The van der Waals surface area contributed by atoms with E-state index >= 15 is 0 Å². The highest BCUT2D eigenvalue weighted by Gasteiger charge is 2.36. The molecule has 2 amide bonds. The number of aryl methyl sites for hydroxylation is 2. The van der Waals surface area contributed by atoms with Crippen molar-refractivity contribution in [3.63, 3.8) is 0 Å². The summed E-state index contributed by atoms with van der Waals surface area (Å²) in [6.45, 7) is 8.57. The largest absolute Gasteiger partial charge is 0.323 e. The van der Waals surface area contributed by atoms with Crippen LogP contribution in [0.3, 0.4) is 0 Å². The van der Waals surface area contributed by atoms with Crippen molar-refractivity contribution in [1.29, 1.82) is 0 Å². The fraction of sp³-hybridized carbons (Fsp3) is 0.476. The van der Waals surface area contributed by atoms with Crippen LogP contribution >= 0.6 is 0 Å². The summed E-state index contributed by atoms with van der Waals surface area (Å²) >= 11 is 0. The second kappa shape index (κ2) is 7.18. The maximum Gasteiger partial charge on any atom is 0.227 e. The Hall–Kier alpha value is -2.63. The van der Waals surface area contributed by atoms with Crippen LogP contribution in [0.1, 0.15) is 50.1 Å². The fourth-order valence-electron chi connectivity index (χ4n) is 3.78. The van der Waals surface area contributed by atoms with Crippen LogP contribution in [0.25, 0.3) is 0 Å². The Morgan fingerprint density at radius 3 is 2.63 bits per heavy atom. The van der Waals surface area contributed by atoms with Gasteiger partial charge in [-0.3, -0.25) is 14.3 Å². The molecular weight excluding hydrogens is 340 g/mol. The average molecular weight is 368 g/mol. The summed E-state index contributed by atoms with van der Waals surface area (Å²) in [5.74, 6) is 0.0744. The first-order chi connectivity index (χ1) is 12.7. The van der Waals surface area contributed by atoms with E-state index in [-0.39, 0.29) is 17.2 Å². The Morgan fingerprint density at radius 2 is 1.96 bits per heavy atom. The summed E-state index contributed by atoms with van der Waals surface area (Å²) in [5, 5.41) is 7.27. The number of nitrogens with one attached hydrogen (secondary N) is 1. The van der Waals surface area contributed by atoms with Gasteiger partial charge in [-0.05, 0) is 31.9 Å². The molecular formula is C21H28N4O2. The molecule has 0 aliphatic carbocycles. The quantitative estimate of drug-likeness (QED) is 0.879. The molecule has 2 aromatic rings. The molecule has 0 saturated carbocycles. The molecule has 0 atom stereocenters. The lowest BCUT2D eigenvalue weighted by Crippen LogP contribution is -2.42. The van der Waals surface area contributed by atoms with Crippen LogP contribution in [-0.2, 0) is 22.1 Å². The third-order valence-corrected chi connectivity index (χ3v) is 5.38. The Balaban J connectivity index is 1.63. The van der Waals surface area contributed by atoms with E-state index in [9.17, 15) is 9.59 Å². The predicted molar refractivity (Wildman–Crippen MR) is 107 cm³/mol. The van der Waals surface area contributed by atoms with Gasteiger partial charge in [-0.2, -0.15) is 5.10 Å². The third kappa shape index (κ3) is 3.75. The number of anilines is 2. The SMILES string of the molecule is Cc1nn(C)c(C)c1NC(=O)CCCN1C(=O)CC(C)(C)c2ccccc21.